The van der Waals surface area contributed by atoms with Crippen molar-refractivity contribution in [2.75, 3.05) is 18.5 Å². The molecule has 0 bridgehead atoms. The topological polar surface area (TPSA) is 119 Å². The molecule has 1 amide bonds. The molecule has 1 heterocycles. The lowest BCUT2D eigenvalue weighted by Gasteiger charge is -2.34. The van der Waals surface area contributed by atoms with E-state index in [2.05, 4.69) is 15.7 Å². The Kier molecular flexibility index (Phi) is 7.32. The lowest BCUT2D eigenvalue weighted by atomic mass is 9.83. The van der Waals surface area contributed by atoms with Gasteiger partial charge < -0.3 is 16.4 Å². The summed E-state index contributed by atoms with van der Waals surface area (Å²) < 4.78 is 75.2. The van der Waals surface area contributed by atoms with Gasteiger partial charge in [0.15, 0.2) is 5.82 Å². The second-order valence-electron chi connectivity index (χ2n) is 8.03. The molecule has 8 nitrogen and oxygen atoms in total. The van der Waals surface area contributed by atoms with Crippen LogP contribution in [0.3, 0.4) is 0 Å². The molecule has 33 heavy (non-hydrogen) atoms. The number of primary amides is 1. The number of anilines is 2. The Morgan fingerprint density at radius 1 is 1.24 bits per heavy atom. The molecule has 0 aliphatic heterocycles. The fourth-order valence-corrected chi connectivity index (χ4v) is 4.80. The minimum atomic E-state index is -5.46. The highest BCUT2D eigenvalue weighted by Gasteiger charge is 2.46. The maximum absolute atomic E-state index is 12.7. The number of amides is 1. The van der Waals surface area contributed by atoms with Gasteiger partial charge in [0, 0.05) is 24.5 Å². The Balaban J connectivity index is 1.79. The van der Waals surface area contributed by atoms with Gasteiger partial charge >= 0.3 is 5.51 Å². The van der Waals surface area contributed by atoms with Crippen molar-refractivity contribution < 1.29 is 30.8 Å². The van der Waals surface area contributed by atoms with Gasteiger partial charge in [-0.2, -0.15) is 18.3 Å². The number of benzene rings is 1. The Morgan fingerprint density at radius 2 is 1.91 bits per heavy atom. The summed E-state index contributed by atoms with van der Waals surface area (Å²) >= 11 is 0. The molecule has 0 saturated heterocycles. The van der Waals surface area contributed by atoms with Crippen molar-refractivity contribution in [3.63, 3.8) is 0 Å². The van der Waals surface area contributed by atoms with Crippen LogP contribution in [0.1, 0.15) is 42.6 Å². The zero-order valence-electron chi connectivity index (χ0n) is 17.8. The van der Waals surface area contributed by atoms with E-state index in [1.165, 1.54) is 6.20 Å². The van der Waals surface area contributed by atoms with Gasteiger partial charge in [-0.1, -0.05) is 6.92 Å². The molecule has 1 aromatic carbocycles. The number of sulfone groups is 1. The maximum Gasteiger partial charge on any atom is 0.501 e. The molecule has 3 atom stereocenters. The van der Waals surface area contributed by atoms with Gasteiger partial charge in [0.1, 0.15) is 12.2 Å². The summed E-state index contributed by atoms with van der Waals surface area (Å²) in [5.74, 6) is -0.457. The quantitative estimate of drug-likeness (QED) is 0.488. The summed E-state index contributed by atoms with van der Waals surface area (Å²) in [5.41, 5.74) is 0.386. The van der Waals surface area contributed by atoms with E-state index < -0.39 is 32.8 Å². The Morgan fingerprint density at radius 3 is 2.45 bits per heavy atom. The van der Waals surface area contributed by atoms with E-state index in [1.807, 2.05) is 6.92 Å². The van der Waals surface area contributed by atoms with Crippen molar-refractivity contribution >= 4 is 27.2 Å². The van der Waals surface area contributed by atoms with Gasteiger partial charge in [0.2, 0.25) is 0 Å². The van der Waals surface area contributed by atoms with E-state index in [9.17, 15) is 30.8 Å². The number of nitrogens with one attached hydrogen (secondary N) is 2. The third-order valence-electron chi connectivity index (χ3n) is 5.72. The highest BCUT2D eigenvalue weighted by Crippen LogP contribution is 2.35. The molecule has 0 radical (unpaired) electrons. The number of halogens is 4. The van der Waals surface area contributed by atoms with Crippen molar-refractivity contribution in [2.45, 2.75) is 48.7 Å². The van der Waals surface area contributed by atoms with Gasteiger partial charge in [-0.15, -0.1) is 0 Å². The van der Waals surface area contributed by atoms with Gasteiger partial charge in [-0.25, -0.2) is 12.8 Å². The molecule has 1 aliphatic rings. The Labute approximate surface area is 188 Å². The number of hydrogen-bond donors (Lipinski definition) is 3. The van der Waals surface area contributed by atoms with Crippen LogP contribution in [0.5, 0.6) is 0 Å². The van der Waals surface area contributed by atoms with E-state index in [1.54, 1.807) is 4.68 Å². The molecule has 0 spiro atoms. The Bertz CT molecular complexity index is 1090. The largest absolute Gasteiger partial charge is 0.501 e. The molecule has 2 aromatic rings. The van der Waals surface area contributed by atoms with Crippen LogP contribution in [0.4, 0.5) is 29.1 Å². The number of hydrogen-bond acceptors (Lipinski definition) is 6. The minimum absolute atomic E-state index is 0.0265. The predicted octanol–water partition coefficient (Wildman–Crippen LogP) is 3.31. The third-order valence-corrected chi connectivity index (χ3v) is 7.22. The lowest BCUT2D eigenvalue weighted by molar-refractivity contribution is -0.0436. The molecule has 13 heteroatoms. The fraction of sp³-hybridized carbons (Fsp3) is 0.500. The molecule has 1 aromatic heterocycles. The number of nitrogens with two attached hydrogens (primary N) is 1. The Hall–Kier alpha value is -2.67. The van der Waals surface area contributed by atoms with Crippen molar-refractivity contribution in [1.29, 1.82) is 0 Å². The monoisotopic (exact) mass is 491 g/mol. The van der Waals surface area contributed by atoms with Crippen LogP contribution >= 0.6 is 0 Å². The molecule has 1 saturated carbocycles. The van der Waals surface area contributed by atoms with Crippen LogP contribution in [0, 0.1) is 5.92 Å². The zero-order valence-corrected chi connectivity index (χ0v) is 18.6. The fourth-order valence-electron chi connectivity index (χ4n) is 4.04. The standard InChI is InChI=1S/C20H25F4N5O3S/c1-12-10-14(26-9-8-21)4-7-17(12)29-11-16(18(25)30)19(28-29)27-13-2-5-15(6-3-13)33(31,32)20(22,23)24/h2-3,5-6,11-12,14,17,26H,4,7-10H2,1H3,(H2,25,30)(H,27,28)/t12-,14?,17-/m0/s1. The van der Waals surface area contributed by atoms with E-state index in [4.69, 9.17) is 5.73 Å². The highest BCUT2D eigenvalue weighted by atomic mass is 32.2. The molecule has 182 valence electrons. The summed E-state index contributed by atoms with van der Waals surface area (Å²) in [6.45, 7) is 1.90. The van der Waals surface area contributed by atoms with Gasteiger partial charge in [-0.3, -0.25) is 9.48 Å². The van der Waals surface area contributed by atoms with Crippen molar-refractivity contribution in [1.82, 2.24) is 15.1 Å². The van der Waals surface area contributed by atoms with Gasteiger partial charge in [-0.05, 0) is 49.4 Å². The van der Waals surface area contributed by atoms with Gasteiger partial charge in [0.25, 0.3) is 15.7 Å². The first kappa shape index (κ1) is 25.0. The first-order valence-corrected chi connectivity index (χ1v) is 11.8. The smallest absolute Gasteiger partial charge is 0.365 e. The number of rotatable bonds is 8. The molecule has 1 unspecified atom stereocenters. The average molecular weight is 492 g/mol. The molecule has 1 fully saturated rings. The number of nitrogens with zero attached hydrogens (tertiary/aromatic N) is 2. The summed E-state index contributed by atoms with van der Waals surface area (Å²) in [5, 5.41) is 10.4. The zero-order chi connectivity index (χ0) is 24.4. The van der Waals surface area contributed by atoms with Crippen molar-refractivity contribution in [3.05, 3.63) is 36.0 Å². The molecular weight excluding hydrogens is 466 g/mol. The first-order chi connectivity index (χ1) is 15.4. The van der Waals surface area contributed by atoms with E-state index in [-0.39, 0.29) is 35.1 Å². The lowest BCUT2D eigenvalue weighted by Crippen LogP contribution is -2.38. The van der Waals surface area contributed by atoms with Crippen LogP contribution in [0.15, 0.2) is 35.4 Å². The van der Waals surface area contributed by atoms with Crippen LogP contribution in [-0.2, 0) is 9.84 Å². The summed E-state index contributed by atoms with van der Waals surface area (Å²) in [6.07, 6.45) is 3.87. The number of aromatic nitrogens is 2. The summed E-state index contributed by atoms with van der Waals surface area (Å²) in [6, 6.07) is 4.10. The number of carbonyl (C=O) groups is 1. The van der Waals surface area contributed by atoms with Crippen molar-refractivity contribution in [2.24, 2.45) is 11.7 Å². The normalized spacial score (nSPS) is 21.7. The van der Waals surface area contributed by atoms with Gasteiger partial charge in [0.05, 0.1) is 10.9 Å². The van der Waals surface area contributed by atoms with Crippen LogP contribution in [0.2, 0.25) is 0 Å². The highest BCUT2D eigenvalue weighted by molar-refractivity contribution is 7.92. The predicted molar refractivity (Wildman–Crippen MR) is 114 cm³/mol. The average Bonchev–Trinajstić information content (AvgIpc) is 3.15. The maximum atomic E-state index is 12.7. The van der Waals surface area contributed by atoms with E-state index in [0.29, 0.717) is 6.54 Å². The SMILES string of the molecule is C[C@H]1CC(NCCF)CC[C@@H]1n1cc(C(N)=O)c(Nc2ccc(S(=O)(=O)C(F)(F)F)cc2)n1. The molecular formula is C20H25F4N5O3S. The van der Waals surface area contributed by atoms with E-state index >= 15 is 0 Å². The molecule has 1 aliphatic carbocycles. The minimum Gasteiger partial charge on any atom is -0.365 e. The first-order valence-electron chi connectivity index (χ1n) is 10.3. The van der Waals surface area contributed by atoms with Crippen LogP contribution < -0.4 is 16.4 Å². The third kappa shape index (κ3) is 5.46. The summed E-state index contributed by atoms with van der Waals surface area (Å²) in [7, 11) is -5.46. The number of carbonyl (C=O) groups excluding carboxylic acids is 1. The van der Waals surface area contributed by atoms with Crippen LogP contribution in [0.25, 0.3) is 0 Å². The number of alkyl halides is 4. The van der Waals surface area contributed by atoms with Crippen molar-refractivity contribution in [3.8, 4) is 0 Å². The molecule has 4 N–H and O–H groups in total. The second-order valence-corrected chi connectivity index (χ2v) is 9.97. The second kappa shape index (κ2) is 9.67. The molecule has 3 rings (SSSR count). The van der Waals surface area contributed by atoms with E-state index in [0.717, 1.165) is 43.5 Å². The summed E-state index contributed by atoms with van der Waals surface area (Å²) in [4.78, 5) is 11.0. The van der Waals surface area contributed by atoms with Crippen LogP contribution in [-0.4, -0.2) is 48.9 Å².